The molecule has 4 rings (SSSR count). The summed E-state index contributed by atoms with van der Waals surface area (Å²) < 4.78 is 5.89. The number of carbonyl (C=O) groups is 2. The highest BCUT2D eigenvalue weighted by Gasteiger charge is 2.29. The lowest BCUT2D eigenvalue weighted by atomic mass is 9.90. The van der Waals surface area contributed by atoms with E-state index in [1.165, 1.54) is 37.0 Å². The van der Waals surface area contributed by atoms with E-state index in [2.05, 4.69) is 21.7 Å². The highest BCUT2D eigenvalue weighted by atomic mass is 32.1. The van der Waals surface area contributed by atoms with Gasteiger partial charge in [0, 0.05) is 23.9 Å². The van der Waals surface area contributed by atoms with Crippen LogP contribution < -0.4 is 15.4 Å². The largest absolute Gasteiger partial charge is 0.486 e. The standard InChI is InChI=1S/C27H37N3O3S/c1-18-13-19(2)15-21(14-18)33-16-26-29-24(17-34-26)27(32)30-23-10-6-5-9-22(23)28-25(31)12-11-20-7-3-4-8-20/h13-15,17,20,22-23H,3-12,16H2,1-2H3,(H,28,31)(H,30,32)/t22-,23+/m1/s1. The van der Waals surface area contributed by atoms with Crippen LogP contribution in [0.15, 0.2) is 23.6 Å². The molecule has 34 heavy (non-hydrogen) atoms. The molecule has 2 atom stereocenters. The van der Waals surface area contributed by atoms with Crippen LogP contribution in [0.3, 0.4) is 0 Å². The Balaban J connectivity index is 1.27. The molecule has 1 aromatic carbocycles. The number of hydrogen-bond acceptors (Lipinski definition) is 5. The van der Waals surface area contributed by atoms with Crippen LogP contribution >= 0.6 is 11.3 Å². The Hall–Kier alpha value is -2.41. The van der Waals surface area contributed by atoms with Crippen molar-refractivity contribution in [2.75, 3.05) is 0 Å². The monoisotopic (exact) mass is 483 g/mol. The zero-order valence-corrected chi connectivity index (χ0v) is 21.2. The molecule has 184 valence electrons. The van der Waals surface area contributed by atoms with Gasteiger partial charge in [0.2, 0.25) is 5.91 Å². The van der Waals surface area contributed by atoms with Crippen LogP contribution in [0.2, 0.25) is 0 Å². The van der Waals surface area contributed by atoms with E-state index in [9.17, 15) is 9.59 Å². The minimum Gasteiger partial charge on any atom is -0.486 e. The van der Waals surface area contributed by atoms with Gasteiger partial charge in [-0.25, -0.2) is 4.98 Å². The quantitative estimate of drug-likeness (QED) is 0.496. The van der Waals surface area contributed by atoms with Crippen LogP contribution in [-0.2, 0) is 11.4 Å². The van der Waals surface area contributed by atoms with Gasteiger partial charge in [0.25, 0.3) is 5.91 Å². The summed E-state index contributed by atoms with van der Waals surface area (Å²) in [6, 6.07) is 6.06. The summed E-state index contributed by atoms with van der Waals surface area (Å²) in [6.07, 6.45) is 10.7. The van der Waals surface area contributed by atoms with Gasteiger partial charge < -0.3 is 15.4 Å². The van der Waals surface area contributed by atoms with Crippen molar-refractivity contribution in [1.82, 2.24) is 15.6 Å². The van der Waals surface area contributed by atoms with Crippen molar-refractivity contribution in [3.05, 3.63) is 45.4 Å². The number of nitrogens with one attached hydrogen (secondary N) is 2. The van der Waals surface area contributed by atoms with Gasteiger partial charge in [0.15, 0.2) is 0 Å². The molecule has 2 aliphatic rings. The number of nitrogens with zero attached hydrogens (tertiary/aromatic N) is 1. The molecule has 2 fully saturated rings. The molecule has 0 saturated heterocycles. The fourth-order valence-corrected chi connectivity index (χ4v) is 5.96. The predicted molar refractivity (Wildman–Crippen MR) is 135 cm³/mol. The lowest BCUT2D eigenvalue weighted by Gasteiger charge is -2.32. The van der Waals surface area contributed by atoms with Gasteiger partial charge in [0.1, 0.15) is 23.1 Å². The van der Waals surface area contributed by atoms with Gasteiger partial charge in [-0.1, -0.05) is 44.6 Å². The molecule has 0 unspecified atom stereocenters. The Morgan fingerprint density at radius 1 is 0.971 bits per heavy atom. The first-order chi connectivity index (χ1) is 16.5. The molecule has 2 amide bonds. The molecular formula is C27H37N3O3S. The molecule has 1 aromatic heterocycles. The van der Waals surface area contributed by atoms with Crippen molar-refractivity contribution in [2.24, 2.45) is 5.92 Å². The molecule has 2 N–H and O–H groups in total. The molecule has 2 saturated carbocycles. The third-order valence-electron chi connectivity index (χ3n) is 7.03. The number of benzene rings is 1. The Morgan fingerprint density at radius 2 is 1.62 bits per heavy atom. The van der Waals surface area contributed by atoms with Crippen LogP contribution in [0.1, 0.15) is 90.8 Å². The molecule has 6 nitrogen and oxygen atoms in total. The maximum atomic E-state index is 12.9. The smallest absolute Gasteiger partial charge is 0.271 e. The number of thiazole rings is 1. The van der Waals surface area contributed by atoms with Crippen molar-refractivity contribution >= 4 is 23.2 Å². The third-order valence-corrected chi connectivity index (χ3v) is 7.85. The summed E-state index contributed by atoms with van der Waals surface area (Å²) in [5.41, 5.74) is 2.73. The van der Waals surface area contributed by atoms with Crippen LogP contribution in [0.5, 0.6) is 5.75 Å². The molecule has 2 aliphatic carbocycles. The van der Waals surface area contributed by atoms with E-state index >= 15 is 0 Å². The van der Waals surface area contributed by atoms with E-state index in [0.717, 1.165) is 54.0 Å². The van der Waals surface area contributed by atoms with Gasteiger partial charge >= 0.3 is 0 Å². The average molecular weight is 484 g/mol. The second kappa shape index (κ2) is 11.8. The Morgan fingerprint density at radius 3 is 2.32 bits per heavy atom. The summed E-state index contributed by atoms with van der Waals surface area (Å²) in [4.78, 5) is 29.9. The first-order valence-corrected chi connectivity index (χ1v) is 13.6. The van der Waals surface area contributed by atoms with Crippen molar-refractivity contribution in [2.45, 2.75) is 96.7 Å². The fourth-order valence-electron chi connectivity index (χ4n) is 5.27. The second-order valence-corrected chi connectivity index (χ2v) is 10.9. The number of carbonyl (C=O) groups excluding carboxylic acids is 2. The van der Waals surface area contributed by atoms with E-state index in [1.54, 1.807) is 5.38 Å². The molecule has 0 bridgehead atoms. The first-order valence-electron chi connectivity index (χ1n) is 12.7. The van der Waals surface area contributed by atoms with Crippen molar-refractivity contribution < 1.29 is 14.3 Å². The van der Waals surface area contributed by atoms with E-state index in [-0.39, 0.29) is 23.9 Å². The van der Waals surface area contributed by atoms with Crippen molar-refractivity contribution in [3.8, 4) is 5.75 Å². The molecular weight excluding hydrogens is 446 g/mol. The van der Waals surface area contributed by atoms with Crippen LogP contribution in [0.4, 0.5) is 0 Å². The highest BCUT2D eigenvalue weighted by molar-refractivity contribution is 7.09. The third kappa shape index (κ3) is 7.05. The summed E-state index contributed by atoms with van der Waals surface area (Å²) in [6.45, 7) is 4.43. The summed E-state index contributed by atoms with van der Waals surface area (Å²) in [5.74, 6) is 1.47. The SMILES string of the molecule is Cc1cc(C)cc(OCc2nc(C(=O)N[C@H]3CCCC[C@H]3NC(=O)CCC3CCCC3)cs2)c1. The number of aromatic nitrogens is 1. The Kier molecular flexibility index (Phi) is 8.59. The summed E-state index contributed by atoms with van der Waals surface area (Å²) in [5, 5.41) is 8.90. The van der Waals surface area contributed by atoms with Crippen LogP contribution in [-0.4, -0.2) is 28.9 Å². The van der Waals surface area contributed by atoms with Crippen molar-refractivity contribution in [1.29, 1.82) is 0 Å². The molecule has 7 heteroatoms. The van der Waals surface area contributed by atoms with E-state index in [0.29, 0.717) is 24.6 Å². The van der Waals surface area contributed by atoms with Crippen LogP contribution in [0.25, 0.3) is 0 Å². The maximum Gasteiger partial charge on any atom is 0.271 e. The minimum absolute atomic E-state index is 0.000206. The topological polar surface area (TPSA) is 80.3 Å². The fraction of sp³-hybridized carbons (Fsp3) is 0.593. The van der Waals surface area contributed by atoms with Gasteiger partial charge in [-0.05, 0) is 62.3 Å². The van der Waals surface area contributed by atoms with Crippen molar-refractivity contribution in [3.63, 3.8) is 0 Å². The Bertz CT molecular complexity index is 963. The highest BCUT2D eigenvalue weighted by Crippen LogP contribution is 2.28. The predicted octanol–water partition coefficient (Wildman–Crippen LogP) is 5.47. The molecule has 0 spiro atoms. The summed E-state index contributed by atoms with van der Waals surface area (Å²) in [7, 11) is 0. The minimum atomic E-state index is -0.175. The molecule has 2 aromatic rings. The van der Waals surface area contributed by atoms with E-state index in [1.807, 2.05) is 26.0 Å². The second-order valence-electron chi connectivity index (χ2n) is 9.97. The molecule has 1 heterocycles. The van der Waals surface area contributed by atoms with Crippen LogP contribution in [0, 0.1) is 19.8 Å². The first kappa shape index (κ1) is 24.7. The lowest BCUT2D eigenvalue weighted by molar-refractivity contribution is -0.122. The number of aryl methyl sites for hydroxylation is 2. The zero-order valence-electron chi connectivity index (χ0n) is 20.4. The molecule has 0 aliphatic heterocycles. The zero-order chi connectivity index (χ0) is 23.9. The number of rotatable bonds is 9. The van der Waals surface area contributed by atoms with Gasteiger partial charge in [-0.3, -0.25) is 9.59 Å². The number of ether oxygens (including phenoxy) is 1. The normalized spacial score (nSPS) is 20.8. The average Bonchev–Trinajstić information content (AvgIpc) is 3.49. The number of hydrogen-bond donors (Lipinski definition) is 2. The number of amides is 2. The van der Waals surface area contributed by atoms with Gasteiger partial charge in [-0.2, -0.15) is 0 Å². The Labute approximate surface area is 206 Å². The molecule has 0 radical (unpaired) electrons. The maximum absolute atomic E-state index is 12.9. The lowest BCUT2D eigenvalue weighted by Crippen LogP contribution is -2.53. The van der Waals surface area contributed by atoms with E-state index in [4.69, 9.17) is 4.74 Å². The van der Waals surface area contributed by atoms with E-state index < -0.39 is 0 Å². The van der Waals surface area contributed by atoms with Gasteiger partial charge in [0.05, 0.1) is 0 Å². The summed E-state index contributed by atoms with van der Waals surface area (Å²) >= 11 is 1.43. The van der Waals surface area contributed by atoms with Gasteiger partial charge in [-0.15, -0.1) is 11.3 Å².